The summed E-state index contributed by atoms with van der Waals surface area (Å²) in [7, 11) is 0. The third kappa shape index (κ3) is 2.62. The van der Waals surface area contributed by atoms with Crippen LogP contribution in [0.15, 0.2) is 29.6 Å². The molecule has 1 atom stereocenters. The van der Waals surface area contributed by atoms with Crippen LogP contribution in [0.25, 0.3) is 0 Å². The molecule has 0 saturated carbocycles. The minimum atomic E-state index is -0.628. The molecule has 3 rings (SSSR count). The molecule has 1 aliphatic rings. The zero-order valence-electron chi connectivity index (χ0n) is 11.2. The smallest absolute Gasteiger partial charge is 0.303 e. The van der Waals surface area contributed by atoms with Crippen LogP contribution in [0.5, 0.6) is 11.5 Å². The van der Waals surface area contributed by atoms with Gasteiger partial charge in [-0.2, -0.15) is 0 Å². The molecule has 1 aliphatic heterocycles. The fourth-order valence-corrected chi connectivity index (χ4v) is 3.08. The fourth-order valence-electron chi connectivity index (χ4n) is 2.16. The average molecular weight is 304 g/mol. The van der Waals surface area contributed by atoms with Crippen LogP contribution in [0.1, 0.15) is 33.8 Å². The lowest BCUT2D eigenvalue weighted by Crippen LogP contribution is -2.10. The van der Waals surface area contributed by atoms with Crippen LogP contribution < -0.4 is 9.47 Å². The summed E-state index contributed by atoms with van der Waals surface area (Å²) in [4.78, 5) is 23.2. The second kappa shape index (κ2) is 5.57. The number of esters is 1. The largest absolute Gasteiger partial charge is 0.454 e. The molecule has 21 heavy (non-hydrogen) atoms. The minimum Gasteiger partial charge on any atom is -0.454 e. The van der Waals surface area contributed by atoms with Gasteiger partial charge in [0.15, 0.2) is 23.9 Å². The van der Waals surface area contributed by atoms with Crippen molar-refractivity contribution in [1.29, 1.82) is 0 Å². The van der Waals surface area contributed by atoms with Gasteiger partial charge in [-0.15, -0.1) is 11.3 Å². The van der Waals surface area contributed by atoms with Crippen molar-refractivity contribution >= 4 is 23.6 Å². The van der Waals surface area contributed by atoms with Gasteiger partial charge < -0.3 is 14.2 Å². The molecule has 0 N–H and O–H groups in total. The Morgan fingerprint density at radius 3 is 2.90 bits per heavy atom. The zero-order chi connectivity index (χ0) is 14.8. The molecule has 1 unspecified atom stereocenters. The van der Waals surface area contributed by atoms with Gasteiger partial charge in [-0.3, -0.25) is 9.59 Å². The fraction of sp³-hybridized carbons (Fsp3) is 0.200. The first-order valence-electron chi connectivity index (χ1n) is 6.28. The summed E-state index contributed by atoms with van der Waals surface area (Å²) in [6.07, 6.45) is 0.132. The Balaban J connectivity index is 2.03. The Bertz CT molecular complexity index is 691. The van der Waals surface area contributed by atoms with E-state index in [2.05, 4.69) is 0 Å². The highest BCUT2D eigenvalue weighted by molar-refractivity contribution is 7.10. The van der Waals surface area contributed by atoms with Crippen LogP contribution in [0.4, 0.5) is 0 Å². The van der Waals surface area contributed by atoms with Gasteiger partial charge in [-0.05, 0) is 23.6 Å². The number of hydrogen-bond donors (Lipinski definition) is 0. The maximum Gasteiger partial charge on any atom is 0.303 e. The lowest BCUT2D eigenvalue weighted by atomic mass is 10.0. The molecule has 2 aromatic rings. The van der Waals surface area contributed by atoms with E-state index >= 15 is 0 Å². The highest BCUT2D eigenvalue weighted by Crippen LogP contribution is 2.38. The number of carbonyl (C=O) groups excluding carboxylic acids is 2. The van der Waals surface area contributed by atoms with Crippen LogP contribution in [0, 0.1) is 0 Å². The molecule has 0 radical (unpaired) electrons. The topological polar surface area (TPSA) is 61.8 Å². The SMILES string of the molecule is CC(=O)OC(c1ccc2c(c1)OCO2)c1sccc1C=O. The molecule has 1 aromatic carbocycles. The molecular formula is C15H12O5S. The number of fused-ring (bicyclic) bond motifs is 1. The molecule has 108 valence electrons. The van der Waals surface area contributed by atoms with Crippen LogP contribution >= 0.6 is 11.3 Å². The molecule has 6 heteroatoms. The van der Waals surface area contributed by atoms with Gasteiger partial charge >= 0.3 is 5.97 Å². The summed E-state index contributed by atoms with van der Waals surface area (Å²) in [5, 5.41) is 1.79. The van der Waals surface area contributed by atoms with Crippen molar-refractivity contribution in [2.24, 2.45) is 0 Å². The number of ether oxygens (including phenoxy) is 3. The highest BCUT2D eigenvalue weighted by Gasteiger charge is 2.24. The van der Waals surface area contributed by atoms with E-state index in [9.17, 15) is 9.59 Å². The van der Waals surface area contributed by atoms with Gasteiger partial charge in [0.25, 0.3) is 0 Å². The summed E-state index contributed by atoms with van der Waals surface area (Å²) in [6, 6.07) is 7.04. The molecule has 2 heterocycles. The quantitative estimate of drug-likeness (QED) is 0.642. The number of aldehydes is 1. The van der Waals surface area contributed by atoms with Gasteiger partial charge in [0.1, 0.15) is 0 Å². The number of benzene rings is 1. The second-order valence-electron chi connectivity index (χ2n) is 4.46. The average Bonchev–Trinajstić information content (AvgIpc) is 3.12. The standard InChI is InChI=1S/C15H12O5S/c1-9(17)20-14(15-11(7-16)4-5-21-15)10-2-3-12-13(6-10)19-8-18-12/h2-7,14H,8H2,1H3. The Morgan fingerprint density at radius 2 is 2.14 bits per heavy atom. The van der Waals surface area contributed by atoms with Crippen molar-refractivity contribution in [3.8, 4) is 11.5 Å². The highest BCUT2D eigenvalue weighted by atomic mass is 32.1. The third-order valence-corrected chi connectivity index (χ3v) is 4.05. The zero-order valence-corrected chi connectivity index (χ0v) is 12.0. The Hall–Kier alpha value is -2.34. The maximum absolute atomic E-state index is 11.4. The van der Waals surface area contributed by atoms with Crippen molar-refractivity contribution in [2.45, 2.75) is 13.0 Å². The molecule has 0 bridgehead atoms. The Labute approximate surface area is 125 Å². The summed E-state index contributed by atoms with van der Waals surface area (Å²) in [5.74, 6) is 0.846. The van der Waals surface area contributed by atoms with Gasteiger partial charge in [-0.1, -0.05) is 6.07 Å². The van der Waals surface area contributed by atoms with E-state index in [0.29, 0.717) is 21.9 Å². The third-order valence-electron chi connectivity index (χ3n) is 3.08. The van der Waals surface area contributed by atoms with Gasteiger partial charge in [0.05, 0.1) is 4.88 Å². The van der Waals surface area contributed by atoms with E-state index in [1.165, 1.54) is 18.3 Å². The first-order chi connectivity index (χ1) is 10.2. The molecule has 1 aromatic heterocycles. The lowest BCUT2D eigenvalue weighted by Gasteiger charge is -2.17. The van der Waals surface area contributed by atoms with Crippen molar-refractivity contribution in [3.63, 3.8) is 0 Å². The van der Waals surface area contributed by atoms with Gasteiger partial charge in [0.2, 0.25) is 6.79 Å². The van der Waals surface area contributed by atoms with Crippen LogP contribution in [0.2, 0.25) is 0 Å². The summed E-state index contributed by atoms with van der Waals surface area (Å²) in [5.41, 5.74) is 1.25. The minimum absolute atomic E-state index is 0.176. The van der Waals surface area contributed by atoms with Gasteiger partial charge in [0, 0.05) is 18.1 Å². The van der Waals surface area contributed by atoms with Crippen LogP contribution in [-0.4, -0.2) is 19.0 Å². The normalized spacial score (nSPS) is 13.8. The lowest BCUT2D eigenvalue weighted by molar-refractivity contribution is -0.144. The first-order valence-corrected chi connectivity index (χ1v) is 7.16. The van der Waals surface area contributed by atoms with Gasteiger partial charge in [-0.25, -0.2) is 0 Å². The van der Waals surface area contributed by atoms with Crippen molar-refractivity contribution in [3.05, 3.63) is 45.6 Å². The number of rotatable bonds is 4. The predicted molar refractivity (Wildman–Crippen MR) is 75.9 cm³/mol. The summed E-state index contributed by atoms with van der Waals surface area (Å²) >= 11 is 1.37. The molecule has 0 aliphatic carbocycles. The molecular weight excluding hydrogens is 292 g/mol. The molecule has 5 nitrogen and oxygen atoms in total. The Morgan fingerprint density at radius 1 is 1.33 bits per heavy atom. The van der Waals surface area contributed by atoms with E-state index in [4.69, 9.17) is 14.2 Å². The second-order valence-corrected chi connectivity index (χ2v) is 5.41. The first kappa shape index (κ1) is 13.6. The predicted octanol–water partition coefficient (Wildman–Crippen LogP) is 2.94. The number of hydrogen-bond acceptors (Lipinski definition) is 6. The summed E-state index contributed by atoms with van der Waals surface area (Å²) < 4.78 is 16.0. The Kier molecular flexibility index (Phi) is 3.62. The number of carbonyl (C=O) groups is 2. The van der Waals surface area contributed by atoms with Crippen molar-refractivity contribution in [1.82, 2.24) is 0 Å². The van der Waals surface area contributed by atoms with E-state index in [1.54, 1.807) is 29.6 Å². The van der Waals surface area contributed by atoms with E-state index in [-0.39, 0.29) is 6.79 Å². The van der Waals surface area contributed by atoms with Crippen LogP contribution in [0.3, 0.4) is 0 Å². The number of thiophene rings is 1. The maximum atomic E-state index is 11.4. The van der Waals surface area contributed by atoms with E-state index in [1.807, 2.05) is 0 Å². The summed E-state index contributed by atoms with van der Waals surface area (Å²) in [6.45, 7) is 1.52. The van der Waals surface area contributed by atoms with E-state index in [0.717, 1.165) is 11.8 Å². The molecule has 0 amide bonds. The van der Waals surface area contributed by atoms with Crippen molar-refractivity contribution < 1.29 is 23.8 Å². The van der Waals surface area contributed by atoms with Crippen molar-refractivity contribution in [2.75, 3.05) is 6.79 Å². The molecule has 0 saturated heterocycles. The van der Waals surface area contributed by atoms with E-state index < -0.39 is 12.1 Å². The molecule has 0 spiro atoms. The molecule has 0 fully saturated rings. The van der Waals surface area contributed by atoms with Crippen LogP contribution in [-0.2, 0) is 9.53 Å². The monoisotopic (exact) mass is 304 g/mol.